The maximum atomic E-state index is 12.8. The van der Waals surface area contributed by atoms with E-state index < -0.39 is 5.41 Å². The minimum Gasteiger partial charge on any atom is -0.505 e. The molecule has 0 unspecified atom stereocenters. The topological polar surface area (TPSA) is 73.2 Å². The van der Waals surface area contributed by atoms with Crippen molar-refractivity contribution in [3.8, 4) is 5.75 Å². The first-order chi connectivity index (χ1) is 19.5. The molecular formula is C36H43N3O3. The molecule has 3 aliphatic rings. The number of carbonyl (C=O) groups excluding carboxylic acids is 2. The summed E-state index contributed by atoms with van der Waals surface area (Å²) >= 11 is 0. The van der Waals surface area contributed by atoms with E-state index in [2.05, 4.69) is 72.7 Å². The van der Waals surface area contributed by atoms with Gasteiger partial charge in [0.15, 0.2) is 0 Å². The van der Waals surface area contributed by atoms with Crippen molar-refractivity contribution >= 4 is 23.2 Å². The van der Waals surface area contributed by atoms with Crippen LogP contribution in [-0.2, 0) is 20.4 Å². The van der Waals surface area contributed by atoms with Crippen molar-refractivity contribution in [2.75, 3.05) is 19.1 Å². The minimum absolute atomic E-state index is 0.102. The van der Waals surface area contributed by atoms with E-state index in [1.807, 2.05) is 31.3 Å². The van der Waals surface area contributed by atoms with E-state index in [1.165, 1.54) is 12.6 Å². The number of phenols is 1. The van der Waals surface area contributed by atoms with Gasteiger partial charge in [-0.1, -0.05) is 90.4 Å². The molecule has 5 rings (SSSR count). The second-order valence-electron chi connectivity index (χ2n) is 14.3. The van der Waals surface area contributed by atoms with Crippen LogP contribution in [0, 0.1) is 5.41 Å². The summed E-state index contributed by atoms with van der Waals surface area (Å²) in [6.45, 7) is 15.5. The highest BCUT2D eigenvalue weighted by atomic mass is 16.3. The Balaban J connectivity index is 1.67. The van der Waals surface area contributed by atoms with Crippen molar-refractivity contribution in [2.45, 2.75) is 78.6 Å². The predicted octanol–water partition coefficient (Wildman–Crippen LogP) is 7.18. The Morgan fingerprint density at radius 1 is 0.881 bits per heavy atom. The van der Waals surface area contributed by atoms with Crippen molar-refractivity contribution < 1.29 is 14.7 Å². The number of likely N-dealkylation sites (N-methyl/N-ethyl adjacent to an activating group) is 1. The second kappa shape index (κ2) is 10.1. The summed E-state index contributed by atoms with van der Waals surface area (Å²) in [4.78, 5) is 26.7. The van der Waals surface area contributed by atoms with Crippen molar-refractivity contribution in [3.05, 3.63) is 93.6 Å². The number of carbonyl (C=O) groups is 2. The van der Waals surface area contributed by atoms with Gasteiger partial charge in [0.25, 0.3) is 11.8 Å². The predicted molar refractivity (Wildman–Crippen MR) is 170 cm³/mol. The summed E-state index contributed by atoms with van der Waals surface area (Å²) in [5.41, 5.74) is 6.65. The molecule has 2 aromatic rings. The minimum atomic E-state index is -0.477. The number of phenolic OH excluding ortho intramolecular Hbond substituents is 1. The van der Waals surface area contributed by atoms with E-state index in [4.69, 9.17) is 5.10 Å². The summed E-state index contributed by atoms with van der Waals surface area (Å²) in [6.07, 6.45) is 6.39. The lowest BCUT2D eigenvalue weighted by Gasteiger charge is -2.36. The smallest absolute Gasteiger partial charge is 0.261 e. The number of allylic oxidation sites excluding steroid dienone is 4. The largest absolute Gasteiger partial charge is 0.505 e. The van der Waals surface area contributed by atoms with Gasteiger partial charge in [0.2, 0.25) is 0 Å². The van der Waals surface area contributed by atoms with Gasteiger partial charge >= 0.3 is 0 Å². The highest BCUT2D eigenvalue weighted by Gasteiger charge is 2.40. The number of hydrogen-bond donors (Lipinski definition) is 1. The van der Waals surface area contributed by atoms with E-state index in [0.717, 1.165) is 46.4 Å². The van der Waals surface area contributed by atoms with Crippen molar-refractivity contribution in [1.82, 2.24) is 4.90 Å². The first kappa shape index (κ1) is 29.6. The molecule has 6 heteroatoms. The maximum absolute atomic E-state index is 12.8. The number of rotatable bonds is 6. The number of aromatic hydroxyl groups is 1. The molecule has 1 N–H and O–H groups in total. The molecule has 42 heavy (non-hydrogen) atoms. The third kappa shape index (κ3) is 5.35. The molecule has 0 aromatic heterocycles. The fourth-order valence-electron chi connectivity index (χ4n) is 6.48. The van der Waals surface area contributed by atoms with Gasteiger partial charge in [-0.25, -0.2) is 0 Å². The number of amides is 2. The van der Waals surface area contributed by atoms with Gasteiger partial charge in [-0.2, -0.15) is 5.10 Å². The lowest BCUT2D eigenvalue weighted by Crippen LogP contribution is -2.27. The van der Waals surface area contributed by atoms with Crippen LogP contribution in [-0.4, -0.2) is 41.6 Å². The van der Waals surface area contributed by atoms with E-state index >= 15 is 0 Å². The van der Waals surface area contributed by atoms with Crippen LogP contribution < -0.4 is 5.01 Å². The molecule has 0 bridgehead atoms. The highest BCUT2D eigenvalue weighted by molar-refractivity contribution is 6.30. The molecule has 2 aromatic carbocycles. The second-order valence-corrected chi connectivity index (χ2v) is 14.3. The SMILES string of the molecule is CN1C(=O)C2=CC(=C3CC3)/C(=N\N(C)c3cc(C(C)(C)CC(C)(C)C)cc(C(C)(C)c4ccccc4)c3O)C=C2C1=O. The monoisotopic (exact) mass is 565 g/mol. The molecule has 1 aliphatic heterocycles. The Labute approximate surface area is 250 Å². The molecule has 1 saturated carbocycles. The third-order valence-corrected chi connectivity index (χ3v) is 8.71. The molecule has 1 heterocycles. The van der Waals surface area contributed by atoms with Crippen molar-refractivity contribution in [2.24, 2.45) is 10.5 Å². The van der Waals surface area contributed by atoms with E-state index in [0.29, 0.717) is 22.5 Å². The number of benzene rings is 2. The Hall–Kier alpha value is -3.93. The molecule has 0 spiro atoms. The van der Waals surface area contributed by atoms with Crippen LogP contribution in [0.4, 0.5) is 5.69 Å². The molecule has 2 fully saturated rings. The number of likely N-dealkylation sites (tertiary alicyclic amines) is 1. The number of nitrogens with zero attached hydrogens (tertiary/aromatic N) is 3. The molecular weight excluding hydrogens is 522 g/mol. The Morgan fingerprint density at radius 2 is 1.48 bits per heavy atom. The normalized spacial score (nSPS) is 18.4. The maximum Gasteiger partial charge on any atom is 0.261 e. The molecule has 6 nitrogen and oxygen atoms in total. The number of hydrogen-bond acceptors (Lipinski definition) is 5. The van der Waals surface area contributed by atoms with Gasteiger partial charge in [-0.15, -0.1) is 0 Å². The fraction of sp³-hybridized carbons (Fsp3) is 0.417. The van der Waals surface area contributed by atoms with Crippen molar-refractivity contribution in [3.63, 3.8) is 0 Å². The fourth-order valence-corrected chi connectivity index (χ4v) is 6.48. The zero-order valence-corrected chi connectivity index (χ0v) is 26.4. The molecule has 0 atom stereocenters. The van der Waals surface area contributed by atoms with E-state index in [9.17, 15) is 14.7 Å². The van der Waals surface area contributed by atoms with Gasteiger partial charge in [0.05, 0.1) is 16.9 Å². The molecule has 0 radical (unpaired) electrons. The summed E-state index contributed by atoms with van der Waals surface area (Å²) < 4.78 is 0. The van der Waals surface area contributed by atoms with Gasteiger partial charge in [-0.3, -0.25) is 19.5 Å². The standard InChI is InChI=1S/C36H43N3O3/c1-34(2,3)21-35(4,5)24-17-28(36(6,7)23-13-11-10-12-14-23)31(40)30(18-24)39(9)37-29-20-27-26(19-25(29)22-15-16-22)32(41)38(8)33(27)42/h10-14,17-20,40H,15-16,21H2,1-9H3/b37-29-. The number of fused-ring (bicyclic) bond motifs is 1. The molecule has 1 saturated heterocycles. The first-order valence-corrected chi connectivity index (χ1v) is 14.8. The average molecular weight is 566 g/mol. The van der Waals surface area contributed by atoms with Crippen LogP contribution in [0.25, 0.3) is 0 Å². The lowest BCUT2D eigenvalue weighted by molar-refractivity contribution is -0.134. The quantitative estimate of drug-likeness (QED) is 0.297. The summed E-state index contributed by atoms with van der Waals surface area (Å²) in [7, 11) is 3.35. The Morgan fingerprint density at radius 3 is 2.05 bits per heavy atom. The Kier molecular flexibility index (Phi) is 7.11. The van der Waals surface area contributed by atoms with Gasteiger partial charge < -0.3 is 5.11 Å². The zero-order chi connectivity index (χ0) is 30.8. The zero-order valence-electron chi connectivity index (χ0n) is 26.4. The van der Waals surface area contributed by atoms with Crippen LogP contribution in [0.15, 0.2) is 82.0 Å². The van der Waals surface area contributed by atoms with E-state index in [-0.39, 0.29) is 28.4 Å². The molecule has 2 aliphatic carbocycles. The molecule has 2 amide bonds. The average Bonchev–Trinajstić information content (AvgIpc) is 3.73. The lowest BCUT2D eigenvalue weighted by atomic mass is 9.70. The number of hydrazone groups is 1. The van der Waals surface area contributed by atoms with Crippen LogP contribution in [0.1, 0.15) is 84.4 Å². The summed E-state index contributed by atoms with van der Waals surface area (Å²) in [5.74, 6) is -0.420. The summed E-state index contributed by atoms with van der Waals surface area (Å²) in [5, 5.41) is 18.6. The Bertz CT molecular complexity index is 1590. The number of anilines is 1. The molecule has 220 valence electrons. The van der Waals surface area contributed by atoms with Crippen LogP contribution in [0.5, 0.6) is 5.75 Å². The van der Waals surface area contributed by atoms with Gasteiger partial charge in [-0.05, 0) is 59.4 Å². The van der Waals surface area contributed by atoms with Crippen LogP contribution >= 0.6 is 0 Å². The summed E-state index contributed by atoms with van der Waals surface area (Å²) in [6, 6.07) is 14.5. The van der Waals surface area contributed by atoms with Crippen LogP contribution in [0.2, 0.25) is 0 Å². The van der Waals surface area contributed by atoms with Gasteiger partial charge in [0, 0.05) is 30.6 Å². The third-order valence-electron chi connectivity index (χ3n) is 8.71. The van der Waals surface area contributed by atoms with Crippen molar-refractivity contribution in [1.29, 1.82) is 0 Å². The highest BCUT2D eigenvalue weighted by Crippen LogP contribution is 2.47. The van der Waals surface area contributed by atoms with E-state index in [1.54, 1.807) is 11.1 Å². The van der Waals surface area contributed by atoms with Crippen LogP contribution in [0.3, 0.4) is 0 Å². The van der Waals surface area contributed by atoms with Gasteiger partial charge in [0.1, 0.15) is 11.4 Å². The number of imide groups is 1. The first-order valence-electron chi connectivity index (χ1n) is 14.8.